The molecule has 15 heteroatoms. The predicted molar refractivity (Wildman–Crippen MR) is 162 cm³/mol. The number of piperazine rings is 1. The number of benzene rings is 1. The molecule has 5 rings (SSSR count). The Hall–Kier alpha value is -4.06. The van der Waals surface area contributed by atoms with Gasteiger partial charge in [-0.05, 0) is 56.7 Å². The highest BCUT2D eigenvalue weighted by Gasteiger charge is 2.43. The number of alkyl halides is 4. The third kappa shape index (κ3) is 6.83. The quantitative estimate of drug-likeness (QED) is 0.253. The molecule has 0 unspecified atom stereocenters. The number of nitriles is 1. The Morgan fingerprint density at radius 1 is 1.21 bits per heavy atom. The number of aromatic nitrogens is 2. The van der Waals surface area contributed by atoms with Gasteiger partial charge in [-0.25, -0.2) is 13.2 Å². The molecule has 1 aromatic heterocycles. The van der Waals surface area contributed by atoms with Crippen molar-refractivity contribution in [3.63, 3.8) is 0 Å². The average molecular weight is 666 g/mol. The fourth-order valence-corrected chi connectivity index (χ4v) is 7.16. The predicted octanol–water partition coefficient (Wildman–Crippen LogP) is 4.88. The van der Waals surface area contributed by atoms with Crippen molar-refractivity contribution in [2.45, 2.75) is 69.9 Å². The lowest BCUT2D eigenvalue weighted by Gasteiger charge is -2.42. The molecule has 2 saturated heterocycles. The summed E-state index contributed by atoms with van der Waals surface area (Å²) in [5, 5.41) is 9.46. The fourth-order valence-electron chi connectivity index (χ4n) is 7.16. The number of hydrogen-bond acceptors (Lipinski definition) is 8. The Morgan fingerprint density at radius 3 is 2.55 bits per heavy atom. The number of fused-ring (bicyclic) bond motifs is 1. The molecule has 3 aliphatic rings. The number of hydrogen-bond donors (Lipinski definition) is 1. The van der Waals surface area contributed by atoms with Gasteiger partial charge in [-0.1, -0.05) is 13.5 Å². The van der Waals surface area contributed by atoms with E-state index in [0.29, 0.717) is 17.1 Å². The van der Waals surface area contributed by atoms with Crippen LogP contribution in [-0.2, 0) is 23.8 Å². The fraction of sp³-hybridized carbons (Fsp3) is 0.562. The SMILES string of the molecule is C=C(F)C(=O)N1CCN(c2nc(OC[C@@H]3C[C@@H](F)CN3C)nc3c2C[C@H](C)[C@@H](c2c(F)c(N)cc(C)c2C(F)(F)F)C3)C[C@H]1CC#N. The van der Waals surface area contributed by atoms with Crippen molar-refractivity contribution >= 4 is 17.4 Å². The third-order valence-corrected chi connectivity index (χ3v) is 9.50. The van der Waals surface area contributed by atoms with Crippen LogP contribution in [0.15, 0.2) is 18.5 Å². The molecule has 3 heterocycles. The van der Waals surface area contributed by atoms with Gasteiger partial charge in [0.2, 0.25) is 0 Å². The number of amides is 1. The van der Waals surface area contributed by atoms with Crippen molar-refractivity contribution in [3.05, 3.63) is 52.2 Å². The maximum atomic E-state index is 15.6. The zero-order chi connectivity index (χ0) is 34.4. The summed E-state index contributed by atoms with van der Waals surface area (Å²) in [6.45, 7) is 6.70. The van der Waals surface area contributed by atoms with E-state index in [1.165, 1.54) is 11.8 Å². The molecule has 0 saturated carbocycles. The smallest absolute Gasteiger partial charge is 0.417 e. The van der Waals surface area contributed by atoms with Gasteiger partial charge in [0.25, 0.3) is 5.91 Å². The number of nitrogens with two attached hydrogens (primary N) is 1. The second-order valence-corrected chi connectivity index (χ2v) is 12.7. The van der Waals surface area contributed by atoms with E-state index in [1.807, 2.05) is 15.9 Å². The molecule has 1 aromatic carbocycles. The van der Waals surface area contributed by atoms with E-state index in [0.717, 1.165) is 6.07 Å². The van der Waals surface area contributed by atoms with Crippen molar-refractivity contribution in [2.75, 3.05) is 50.5 Å². The lowest BCUT2D eigenvalue weighted by atomic mass is 9.73. The Kier molecular flexibility index (Phi) is 9.64. The van der Waals surface area contributed by atoms with Crippen molar-refractivity contribution < 1.29 is 35.9 Å². The van der Waals surface area contributed by atoms with Gasteiger partial charge in [0, 0.05) is 43.3 Å². The standard InChI is InChI=1S/C32H37F6N7O2/c1-16-9-23-25(12-22(16)26-27(32(36,37)38)17(2)10-24(40)28(26)35)41-31(47-15-21-11-19(34)13-43(21)4)42-29(23)44-7-8-45(30(46)18(3)33)20(14-44)5-6-39/h10,16,19-22H,3,5,7-9,11-15,40H2,1-2,4H3/t16-,19+,20+,21-,22-/m0/s1. The zero-order valence-corrected chi connectivity index (χ0v) is 26.4. The molecule has 2 aromatic rings. The number of nitrogen functional groups attached to an aromatic ring is 1. The van der Waals surface area contributed by atoms with Crippen LogP contribution in [0.3, 0.4) is 0 Å². The second kappa shape index (κ2) is 13.2. The summed E-state index contributed by atoms with van der Waals surface area (Å²) in [5.41, 5.74) is 4.67. The van der Waals surface area contributed by atoms with Gasteiger partial charge in [-0.15, -0.1) is 0 Å². The number of carbonyl (C=O) groups excluding carboxylic acids is 1. The molecule has 2 N–H and O–H groups in total. The summed E-state index contributed by atoms with van der Waals surface area (Å²) in [5.74, 6) is -4.23. The van der Waals surface area contributed by atoms with Gasteiger partial charge in [0.1, 0.15) is 24.4 Å². The minimum absolute atomic E-state index is 0.0498. The van der Waals surface area contributed by atoms with Gasteiger partial charge in [0.05, 0.1) is 35.5 Å². The first kappa shape index (κ1) is 34.3. The van der Waals surface area contributed by atoms with Crippen LogP contribution in [0.4, 0.5) is 37.8 Å². The van der Waals surface area contributed by atoms with Crippen molar-refractivity contribution in [2.24, 2.45) is 5.92 Å². The van der Waals surface area contributed by atoms with Crippen LogP contribution in [0, 0.1) is 30.0 Å². The molecule has 2 fully saturated rings. The molecule has 1 amide bonds. The van der Waals surface area contributed by atoms with E-state index in [1.54, 1.807) is 14.0 Å². The van der Waals surface area contributed by atoms with Crippen LogP contribution in [-0.4, -0.2) is 83.8 Å². The second-order valence-electron chi connectivity index (χ2n) is 12.7. The van der Waals surface area contributed by atoms with Crippen molar-refractivity contribution in [3.8, 4) is 12.1 Å². The number of nitrogens with zero attached hydrogens (tertiary/aromatic N) is 6. The van der Waals surface area contributed by atoms with E-state index in [2.05, 4.69) is 16.5 Å². The van der Waals surface area contributed by atoms with Gasteiger partial charge >= 0.3 is 12.2 Å². The van der Waals surface area contributed by atoms with Gasteiger partial charge in [-0.2, -0.15) is 28.4 Å². The van der Waals surface area contributed by atoms with Crippen LogP contribution < -0.4 is 15.4 Å². The maximum Gasteiger partial charge on any atom is 0.417 e. The van der Waals surface area contributed by atoms with Gasteiger partial charge in [-0.3, -0.25) is 9.69 Å². The molecule has 9 nitrogen and oxygen atoms in total. The van der Waals surface area contributed by atoms with E-state index in [4.69, 9.17) is 10.5 Å². The topological polar surface area (TPSA) is 112 Å². The van der Waals surface area contributed by atoms with E-state index in [-0.39, 0.29) is 81.8 Å². The highest BCUT2D eigenvalue weighted by molar-refractivity contribution is 5.91. The van der Waals surface area contributed by atoms with E-state index >= 15 is 4.39 Å². The number of aryl methyl sites for hydroxylation is 1. The molecular formula is C32H37F6N7O2. The zero-order valence-electron chi connectivity index (χ0n) is 26.4. The first-order chi connectivity index (χ1) is 22.1. The molecule has 5 atom stereocenters. The average Bonchev–Trinajstić information content (AvgIpc) is 3.32. The Balaban J connectivity index is 1.56. The monoisotopic (exact) mass is 665 g/mol. The number of likely N-dealkylation sites (tertiary alicyclic amines) is 1. The van der Waals surface area contributed by atoms with E-state index < -0.39 is 58.9 Å². The summed E-state index contributed by atoms with van der Waals surface area (Å²) < 4.78 is 92.4. The first-order valence-corrected chi connectivity index (χ1v) is 15.4. The number of carbonyl (C=O) groups is 1. The summed E-state index contributed by atoms with van der Waals surface area (Å²) in [6.07, 6.45) is -5.61. The van der Waals surface area contributed by atoms with Gasteiger partial charge in [0.15, 0.2) is 5.83 Å². The van der Waals surface area contributed by atoms with Crippen molar-refractivity contribution in [1.82, 2.24) is 19.8 Å². The van der Waals surface area contributed by atoms with Crippen LogP contribution in [0.25, 0.3) is 0 Å². The summed E-state index contributed by atoms with van der Waals surface area (Å²) in [6, 6.07) is 1.96. The first-order valence-electron chi connectivity index (χ1n) is 15.4. The molecule has 1 aliphatic carbocycles. The number of anilines is 2. The lowest BCUT2D eigenvalue weighted by molar-refractivity contribution is -0.139. The normalized spacial score (nSPS) is 25.0. The summed E-state index contributed by atoms with van der Waals surface area (Å²) >= 11 is 0. The molecular weight excluding hydrogens is 628 g/mol. The minimum atomic E-state index is -4.83. The number of halogens is 6. The Bertz CT molecular complexity index is 1600. The largest absolute Gasteiger partial charge is 0.462 e. The summed E-state index contributed by atoms with van der Waals surface area (Å²) in [4.78, 5) is 26.6. The highest BCUT2D eigenvalue weighted by Crippen LogP contribution is 2.47. The molecule has 0 radical (unpaired) electrons. The number of rotatable bonds is 7. The number of likely N-dealkylation sites (N-methyl/N-ethyl adjacent to an activating group) is 1. The number of ether oxygens (including phenoxy) is 1. The Labute approximate surface area is 269 Å². The molecule has 0 spiro atoms. The molecule has 2 aliphatic heterocycles. The third-order valence-electron chi connectivity index (χ3n) is 9.50. The van der Waals surface area contributed by atoms with Crippen LogP contribution >= 0.6 is 0 Å². The highest BCUT2D eigenvalue weighted by atomic mass is 19.4. The van der Waals surface area contributed by atoms with Gasteiger partial charge < -0.3 is 20.3 Å². The maximum absolute atomic E-state index is 15.6. The summed E-state index contributed by atoms with van der Waals surface area (Å²) in [7, 11) is 1.77. The molecule has 0 bridgehead atoms. The lowest BCUT2D eigenvalue weighted by Crippen LogP contribution is -2.55. The van der Waals surface area contributed by atoms with Crippen molar-refractivity contribution in [1.29, 1.82) is 5.26 Å². The van der Waals surface area contributed by atoms with Crippen LogP contribution in [0.2, 0.25) is 0 Å². The van der Waals surface area contributed by atoms with E-state index in [9.17, 15) is 32.0 Å². The van der Waals surface area contributed by atoms with Crippen LogP contribution in [0.5, 0.6) is 6.01 Å². The van der Waals surface area contributed by atoms with Crippen LogP contribution in [0.1, 0.15) is 53.6 Å². The molecule has 254 valence electrons. The molecule has 47 heavy (non-hydrogen) atoms. The Morgan fingerprint density at radius 2 is 1.94 bits per heavy atom. The minimum Gasteiger partial charge on any atom is -0.462 e.